The molecule has 1 saturated heterocycles. The van der Waals surface area contributed by atoms with Gasteiger partial charge in [0.05, 0.1) is 5.69 Å². The molecule has 3 unspecified atom stereocenters. The summed E-state index contributed by atoms with van der Waals surface area (Å²) in [6, 6.07) is 0.601. The van der Waals surface area contributed by atoms with Gasteiger partial charge in [0.2, 0.25) is 0 Å². The van der Waals surface area contributed by atoms with Gasteiger partial charge < -0.3 is 5.32 Å². The minimum Gasteiger partial charge on any atom is -0.308 e. The van der Waals surface area contributed by atoms with Crippen molar-refractivity contribution in [3.05, 3.63) is 11.9 Å². The molecule has 2 fully saturated rings. The Morgan fingerprint density at radius 2 is 2.24 bits per heavy atom. The van der Waals surface area contributed by atoms with Gasteiger partial charge in [0, 0.05) is 44.5 Å². The van der Waals surface area contributed by atoms with Crippen LogP contribution in [-0.2, 0) is 13.6 Å². The highest BCUT2D eigenvalue weighted by Gasteiger charge is 2.46. The standard InChI is InChI=1S/C16H29N5/c1-5-12(2)15-8-17-16(3,13-6-7-13)11-21(15)10-14-9-20(4)19-18-14/h9,12-13,15,17H,5-8,10-11H2,1-4H3. The third-order valence-corrected chi connectivity index (χ3v) is 5.51. The summed E-state index contributed by atoms with van der Waals surface area (Å²) < 4.78 is 1.80. The maximum Gasteiger partial charge on any atom is 0.0967 e. The molecule has 1 aromatic heterocycles. The van der Waals surface area contributed by atoms with Crippen LogP contribution in [0.5, 0.6) is 0 Å². The number of nitrogens with one attached hydrogen (secondary N) is 1. The molecular weight excluding hydrogens is 262 g/mol. The molecule has 1 aliphatic carbocycles. The van der Waals surface area contributed by atoms with Gasteiger partial charge in [0.25, 0.3) is 0 Å². The van der Waals surface area contributed by atoms with Crippen molar-refractivity contribution in [1.29, 1.82) is 0 Å². The van der Waals surface area contributed by atoms with Crippen molar-refractivity contribution in [3.8, 4) is 0 Å². The molecule has 2 heterocycles. The Labute approximate surface area is 128 Å². The zero-order valence-electron chi connectivity index (χ0n) is 13.8. The fourth-order valence-electron chi connectivity index (χ4n) is 3.74. The van der Waals surface area contributed by atoms with E-state index < -0.39 is 0 Å². The number of hydrogen-bond acceptors (Lipinski definition) is 4. The molecule has 1 aromatic rings. The normalized spacial score (nSPS) is 32.3. The van der Waals surface area contributed by atoms with Crippen LogP contribution in [0.15, 0.2) is 6.20 Å². The van der Waals surface area contributed by atoms with Gasteiger partial charge in [-0.1, -0.05) is 25.5 Å². The molecule has 5 nitrogen and oxygen atoms in total. The minimum absolute atomic E-state index is 0.284. The van der Waals surface area contributed by atoms with Crippen LogP contribution < -0.4 is 5.32 Å². The van der Waals surface area contributed by atoms with E-state index in [0.29, 0.717) is 12.0 Å². The molecule has 0 radical (unpaired) electrons. The lowest BCUT2D eigenvalue weighted by Crippen LogP contribution is -2.65. The largest absolute Gasteiger partial charge is 0.308 e. The second-order valence-electron chi connectivity index (χ2n) is 7.31. The Morgan fingerprint density at radius 1 is 1.48 bits per heavy atom. The molecule has 21 heavy (non-hydrogen) atoms. The van der Waals surface area contributed by atoms with E-state index >= 15 is 0 Å². The first-order chi connectivity index (χ1) is 10.0. The molecule has 1 saturated carbocycles. The third kappa shape index (κ3) is 3.14. The zero-order chi connectivity index (χ0) is 15.0. The smallest absolute Gasteiger partial charge is 0.0967 e. The van der Waals surface area contributed by atoms with Crippen LogP contribution in [0.4, 0.5) is 0 Å². The maximum atomic E-state index is 4.29. The van der Waals surface area contributed by atoms with Crippen LogP contribution in [0.25, 0.3) is 0 Å². The lowest BCUT2D eigenvalue weighted by Gasteiger charge is -2.48. The van der Waals surface area contributed by atoms with Gasteiger partial charge in [-0.25, -0.2) is 0 Å². The van der Waals surface area contributed by atoms with Crippen LogP contribution in [-0.4, -0.2) is 44.6 Å². The number of piperazine rings is 1. The Bertz CT molecular complexity index is 481. The van der Waals surface area contributed by atoms with E-state index in [1.165, 1.54) is 19.3 Å². The van der Waals surface area contributed by atoms with Gasteiger partial charge in [0.15, 0.2) is 0 Å². The average molecular weight is 291 g/mol. The second kappa shape index (κ2) is 5.69. The molecule has 0 amide bonds. The summed E-state index contributed by atoms with van der Waals surface area (Å²) in [5.74, 6) is 1.57. The highest BCUT2D eigenvalue weighted by Crippen LogP contribution is 2.42. The van der Waals surface area contributed by atoms with Gasteiger partial charge in [-0.15, -0.1) is 5.10 Å². The molecule has 3 rings (SSSR count). The van der Waals surface area contributed by atoms with Crippen LogP contribution >= 0.6 is 0 Å². The highest BCUT2D eigenvalue weighted by atomic mass is 15.4. The Kier molecular flexibility index (Phi) is 4.06. The summed E-state index contributed by atoms with van der Waals surface area (Å²) in [5, 5.41) is 12.2. The van der Waals surface area contributed by atoms with Crippen molar-refractivity contribution >= 4 is 0 Å². The summed E-state index contributed by atoms with van der Waals surface area (Å²) in [4.78, 5) is 2.65. The highest BCUT2D eigenvalue weighted by molar-refractivity contribution is 5.06. The van der Waals surface area contributed by atoms with Crippen LogP contribution in [0.3, 0.4) is 0 Å². The Hall–Kier alpha value is -0.940. The number of aryl methyl sites for hydroxylation is 1. The summed E-state index contributed by atoms with van der Waals surface area (Å²) in [5.41, 5.74) is 1.37. The minimum atomic E-state index is 0.284. The predicted octanol–water partition coefficient (Wildman–Crippen LogP) is 1.80. The number of rotatable bonds is 5. The lowest BCUT2D eigenvalue weighted by molar-refractivity contribution is 0.0404. The van der Waals surface area contributed by atoms with E-state index in [9.17, 15) is 0 Å². The molecule has 0 aromatic carbocycles. The molecule has 5 heteroatoms. The fourth-order valence-corrected chi connectivity index (χ4v) is 3.74. The molecule has 2 aliphatic rings. The van der Waals surface area contributed by atoms with Crippen LogP contribution in [0.1, 0.15) is 45.7 Å². The van der Waals surface area contributed by atoms with Gasteiger partial charge >= 0.3 is 0 Å². The average Bonchev–Trinajstić information content (AvgIpc) is 3.24. The lowest BCUT2D eigenvalue weighted by atomic mass is 9.87. The topological polar surface area (TPSA) is 46.0 Å². The van der Waals surface area contributed by atoms with Crippen LogP contribution in [0, 0.1) is 11.8 Å². The Balaban J connectivity index is 1.75. The van der Waals surface area contributed by atoms with Crippen LogP contribution in [0.2, 0.25) is 0 Å². The van der Waals surface area contributed by atoms with Crippen molar-refractivity contribution in [1.82, 2.24) is 25.2 Å². The van der Waals surface area contributed by atoms with E-state index in [0.717, 1.165) is 31.2 Å². The number of hydrogen-bond donors (Lipinski definition) is 1. The summed E-state index contributed by atoms with van der Waals surface area (Å²) >= 11 is 0. The monoisotopic (exact) mass is 291 g/mol. The quantitative estimate of drug-likeness (QED) is 0.898. The van der Waals surface area contributed by atoms with Crippen molar-refractivity contribution in [2.75, 3.05) is 13.1 Å². The molecule has 118 valence electrons. The first-order valence-corrected chi connectivity index (χ1v) is 8.36. The zero-order valence-corrected chi connectivity index (χ0v) is 13.8. The molecule has 3 atom stereocenters. The first kappa shape index (κ1) is 15.0. The van der Waals surface area contributed by atoms with E-state index in [1.807, 2.05) is 13.2 Å². The maximum absolute atomic E-state index is 4.29. The molecule has 1 N–H and O–H groups in total. The Morgan fingerprint density at radius 3 is 2.81 bits per heavy atom. The van der Waals surface area contributed by atoms with Crippen molar-refractivity contribution in [2.45, 2.75) is 58.2 Å². The van der Waals surface area contributed by atoms with Gasteiger partial charge in [-0.3, -0.25) is 9.58 Å². The number of nitrogens with zero attached hydrogens (tertiary/aromatic N) is 4. The molecule has 0 spiro atoms. The van der Waals surface area contributed by atoms with E-state index in [2.05, 4.69) is 41.3 Å². The SMILES string of the molecule is CCC(C)C1CNC(C)(C2CC2)CN1Cc1cn(C)nn1. The summed E-state index contributed by atoms with van der Waals surface area (Å²) in [6.45, 7) is 10.2. The summed E-state index contributed by atoms with van der Waals surface area (Å²) in [7, 11) is 1.94. The fraction of sp³-hybridized carbons (Fsp3) is 0.875. The van der Waals surface area contributed by atoms with Gasteiger partial charge in [-0.2, -0.15) is 0 Å². The van der Waals surface area contributed by atoms with Gasteiger partial charge in [0.1, 0.15) is 0 Å². The predicted molar refractivity (Wildman–Crippen MR) is 83.8 cm³/mol. The molecule has 1 aliphatic heterocycles. The van der Waals surface area contributed by atoms with E-state index in [1.54, 1.807) is 4.68 Å². The third-order valence-electron chi connectivity index (χ3n) is 5.51. The van der Waals surface area contributed by atoms with E-state index in [4.69, 9.17) is 0 Å². The molecule has 0 bridgehead atoms. The van der Waals surface area contributed by atoms with Crippen molar-refractivity contribution < 1.29 is 0 Å². The van der Waals surface area contributed by atoms with Gasteiger partial charge in [-0.05, 0) is 31.6 Å². The van der Waals surface area contributed by atoms with Crippen molar-refractivity contribution in [3.63, 3.8) is 0 Å². The molecular formula is C16H29N5. The second-order valence-corrected chi connectivity index (χ2v) is 7.31. The first-order valence-electron chi connectivity index (χ1n) is 8.36. The number of aromatic nitrogens is 3. The summed E-state index contributed by atoms with van der Waals surface area (Å²) in [6.07, 6.45) is 6.04. The van der Waals surface area contributed by atoms with Crippen molar-refractivity contribution in [2.24, 2.45) is 18.9 Å². The van der Waals surface area contributed by atoms with E-state index in [-0.39, 0.29) is 5.54 Å².